The number of nitrogens with zero attached hydrogens (tertiary/aromatic N) is 2. The van der Waals surface area contributed by atoms with Crippen molar-refractivity contribution in [2.75, 3.05) is 6.61 Å². The molecule has 1 heterocycles. The highest BCUT2D eigenvalue weighted by Crippen LogP contribution is 2.50. The standard InChI is InChI=1S/C17H11BrClF4N2O/c1-8-24-17(18)15(7-26)25(8,14-3-2-9(20)4-11(14)19)16-12(22)5-10(21)6-13(16)23/h2-6,26H,7H2,1H3/q+1. The molecule has 136 valence electrons. The molecule has 9 heteroatoms. The summed E-state index contributed by atoms with van der Waals surface area (Å²) in [6, 6.07) is 4.31. The number of amidine groups is 1. The second kappa shape index (κ2) is 6.77. The Morgan fingerprint density at radius 1 is 1.08 bits per heavy atom. The number of rotatable bonds is 3. The van der Waals surface area contributed by atoms with Gasteiger partial charge < -0.3 is 5.11 Å². The SMILES string of the molecule is CC1=NC(Br)=C(CO)[N+]1(c1ccc(F)cc1Cl)c1c(F)cc(F)cc1F. The fraction of sp³-hybridized carbons (Fsp3) is 0.118. The van der Waals surface area contributed by atoms with Crippen molar-refractivity contribution >= 4 is 44.7 Å². The lowest BCUT2D eigenvalue weighted by Gasteiger charge is -2.35. The molecule has 0 amide bonds. The second-order valence-electron chi connectivity index (χ2n) is 5.54. The molecule has 0 aromatic heterocycles. The zero-order chi connectivity index (χ0) is 19.2. The Balaban J connectivity index is 2.50. The average molecular weight is 451 g/mol. The summed E-state index contributed by atoms with van der Waals surface area (Å²) >= 11 is 9.33. The highest BCUT2D eigenvalue weighted by molar-refractivity contribution is 9.11. The molecule has 0 fully saturated rings. The van der Waals surface area contributed by atoms with E-state index in [1.165, 1.54) is 13.0 Å². The summed E-state index contributed by atoms with van der Waals surface area (Å²) in [6.45, 7) is 0.817. The van der Waals surface area contributed by atoms with E-state index in [-0.39, 0.29) is 26.8 Å². The number of quaternary nitrogens is 1. The van der Waals surface area contributed by atoms with E-state index in [0.29, 0.717) is 12.1 Å². The van der Waals surface area contributed by atoms with Gasteiger partial charge in [0, 0.05) is 25.1 Å². The summed E-state index contributed by atoms with van der Waals surface area (Å²) in [5, 5.41) is 9.74. The normalized spacial score (nSPS) is 19.9. The van der Waals surface area contributed by atoms with Crippen molar-refractivity contribution in [2.24, 2.45) is 4.99 Å². The maximum absolute atomic E-state index is 14.7. The largest absolute Gasteiger partial charge is 0.386 e. The van der Waals surface area contributed by atoms with Crippen LogP contribution in [-0.4, -0.2) is 17.5 Å². The van der Waals surface area contributed by atoms with Crippen molar-refractivity contribution in [3.05, 3.63) is 68.9 Å². The maximum Gasteiger partial charge on any atom is 0.221 e. The number of aliphatic hydroxyl groups excluding tert-OH is 1. The van der Waals surface area contributed by atoms with E-state index in [9.17, 15) is 22.7 Å². The lowest BCUT2D eigenvalue weighted by molar-refractivity contribution is 0.308. The molecule has 0 radical (unpaired) electrons. The van der Waals surface area contributed by atoms with Gasteiger partial charge in [0.15, 0.2) is 27.6 Å². The molecular weight excluding hydrogens is 440 g/mol. The molecule has 26 heavy (non-hydrogen) atoms. The van der Waals surface area contributed by atoms with Gasteiger partial charge in [0.05, 0.1) is 0 Å². The summed E-state index contributed by atoms with van der Waals surface area (Å²) in [6.07, 6.45) is 0. The van der Waals surface area contributed by atoms with Crippen molar-refractivity contribution in [1.29, 1.82) is 0 Å². The van der Waals surface area contributed by atoms with Crippen LogP contribution in [0.3, 0.4) is 0 Å². The molecule has 1 N–H and O–H groups in total. The van der Waals surface area contributed by atoms with Crippen LogP contribution >= 0.6 is 27.5 Å². The molecule has 3 nitrogen and oxygen atoms in total. The minimum Gasteiger partial charge on any atom is -0.386 e. The molecule has 2 aromatic rings. The first-order chi connectivity index (χ1) is 12.2. The summed E-state index contributed by atoms with van der Waals surface area (Å²) < 4.78 is 55.7. The Morgan fingerprint density at radius 3 is 2.23 bits per heavy atom. The third-order valence-corrected chi connectivity index (χ3v) is 5.06. The third-order valence-electron chi connectivity index (χ3n) is 4.13. The molecule has 1 atom stereocenters. The van der Waals surface area contributed by atoms with Gasteiger partial charge in [0.1, 0.15) is 23.3 Å². The van der Waals surface area contributed by atoms with Gasteiger partial charge in [0.2, 0.25) is 11.5 Å². The van der Waals surface area contributed by atoms with E-state index in [0.717, 1.165) is 12.1 Å². The van der Waals surface area contributed by atoms with Gasteiger partial charge in [-0.2, -0.15) is 9.48 Å². The van der Waals surface area contributed by atoms with Crippen LogP contribution in [0, 0.1) is 23.3 Å². The topological polar surface area (TPSA) is 32.6 Å². The van der Waals surface area contributed by atoms with Crippen LogP contribution in [0.15, 0.2) is 45.6 Å². The van der Waals surface area contributed by atoms with Crippen LogP contribution in [0.4, 0.5) is 28.9 Å². The number of benzene rings is 2. The summed E-state index contributed by atoms with van der Waals surface area (Å²) in [4.78, 5) is 4.16. The summed E-state index contributed by atoms with van der Waals surface area (Å²) in [5.41, 5.74) is -0.516. The zero-order valence-electron chi connectivity index (χ0n) is 13.2. The van der Waals surface area contributed by atoms with Crippen molar-refractivity contribution in [3.8, 4) is 0 Å². The quantitative estimate of drug-likeness (QED) is 0.373. The molecule has 2 aromatic carbocycles. The number of halogens is 6. The van der Waals surface area contributed by atoms with Gasteiger partial charge in [-0.1, -0.05) is 11.6 Å². The molecule has 0 saturated carbocycles. The van der Waals surface area contributed by atoms with Crippen LogP contribution in [0.5, 0.6) is 0 Å². The van der Waals surface area contributed by atoms with Crippen molar-refractivity contribution in [3.63, 3.8) is 0 Å². The molecule has 0 saturated heterocycles. The minimum atomic E-state index is -1.20. The summed E-state index contributed by atoms with van der Waals surface area (Å²) in [5.74, 6) is -4.04. The predicted molar refractivity (Wildman–Crippen MR) is 95.3 cm³/mol. The van der Waals surface area contributed by atoms with Crippen LogP contribution in [0.1, 0.15) is 6.92 Å². The first kappa shape index (κ1) is 19.0. The minimum absolute atomic E-state index is 0.0421. The number of aliphatic imine (C=N–C) groups is 1. The number of hydrogen-bond donors (Lipinski definition) is 1. The first-order valence-corrected chi connectivity index (χ1v) is 8.46. The molecule has 1 unspecified atom stereocenters. The van der Waals surface area contributed by atoms with Gasteiger partial charge in [-0.15, -0.1) is 0 Å². The van der Waals surface area contributed by atoms with Gasteiger partial charge in [0.25, 0.3) is 0 Å². The van der Waals surface area contributed by atoms with E-state index in [1.54, 1.807) is 0 Å². The zero-order valence-corrected chi connectivity index (χ0v) is 15.5. The van der Waals surface area contributed by atoms with Gasteiger partial charge in [-0.3, -0.25) is 0 Å². The Bertz CT molecular complexity index is 956. The van der Waals surface area contributed by atoms with Crippen LogP contribution in [-0.2, 0) is 0 Å². The number of aliphatic hydroxyl groups is 1. The third kappa shape index (κ3) is 2.68. The van der Waals surface area contributed by atoms with Crippen molar-refractivity contribution < 1.29 is 22.7 Å². The molecule has 1 aliphatic heterocycles. The molecule has 0 spiro atoms. The lowest BCUT2D eigenvalue weighted by atomic mass is 10.1. The molecule has 1 aliphatic rings. The Labute approximate surface area is 159 Å². The maximum atomic E-state index is 14.7. The molecule has 3 rings (SSSR count). The van der Waals surface area contributed by atoms with Crippen LogP contribution < -0.4 is 4.48 Å². The molecule has 0 bridgehead atoms. The fourth-order valence-corrected chi connectivity index (χ4v) is 4.07. The van der Waals surface area contributed by atoms with Crippen LogP contribution in [0.2, 0.25) is 5.02 Å². The highest BCUT2D eigenvalue weighted by Gasteiger charge is 2.52. The Kier molecular flexibility index (Phi) is 4.96. The predicted octanol–water partition coefficient (Wildman–Crippen LogP) is 5.52. The van der Waals surface area contributed by atoms with Crippen molar-refractivity contribution in [2.45, 2.75) is 6.92 Å². The highest BCUT2D eigenvalue weighted by atomic mass is 79.9. The van der Waals surface area contributed by atoms with E-state index in [2.05, 4.69) is 20.9 Å². The Morgan fingerprint density at radius 2 is 1.69 bits per heavy atom. The average Bonchev–Trinajstić information content (AvgIpc) is 2.77. The van der Waals surface area contributed by atoms with Gasteiger partial charge in [-0.05, 0) is 28.1 Å². The van der Waals surface area contributed by atoms with Crippen molar-refractivity contribution in [1.82, 2.24) is 4.48 Å². The van der Waals surface area contributed by atoms with Crippen LogP contribution in [0.25, 0.3) is 0 Å². The first-order valence-electron chi connectivity index (χ1n) is 7.29. The van der Waals surface area contributed by atoms with E-state index in [1.807, 2.05) is 0 Å². The van der Waals surface area contributed by atoms with Gasteiger partial charge >= 0.3 is 0 Å². The second-order valence-corrected chi connectivity index (χ2v) is 6.70. The van der Waals surface area contributed by atoms with E-state index >= 15 is 0 Å². The smallest absolute Gasteiger partial charge is 0.221 e. The monoisotopic (exact) mass is 449 g/mol. The molecule has 0 aliphatic carbocycles. The van der Waals surface area contributed by atoms with E-state index in [4.69, 9.17) is 11.6 Å². The fourth-order valence-electron chi connectivity index (χ4n) is 3.13. The van der Waals surface area contributed by atoms with E-state index < -0.39 is 40.0 Å². The van der Waals surface area contributed by atoms with Gasteiger partial charge in [-0.25, -0.2) is 17.6 Å². The lowest BCUT2D eigenvalue weighted by Crippen LogP contribution is -2.48. The Hall–Kier alpha value is -1.74. The molecular formula is C17H11BrClF4N2O+. The number of hydrogen-bond acceptors (Lipinski definition) is 2. The summed E-state index contributed by atoms with van der Waals surface area (Å²) in [7, 11) is 0.